The summed E-state index contributed by atoms with van der Waals surface area (Å²) >= 11 is 0. The zero-order chi connectivity index (χ0) is 26.6. The van der Waals surface area contributed by atoms with Crippen LogP contribution in [0.2, 0.25) is 0 Å². The van der Waals surface area contributed by atoms with Crippen LogP contribution in [0.1, 0.15) is 49.4 Å². The van der Waals surface area contributed by atoms with E-state index in [9.17, 15) is 19.1 Å². The molecule has 4 aromatic rings. The van der Waals surface area contributed by atoms with Crippen LogP contribution in [0.3, 0.4) is 0 Å². The molecule has 192 valence electrons. The highest BCUT2D eigenvalue weighted by Gasteiger charge is 2.20. The van der Waals surface area contributed by atoms with Crippen molar-refractivity contribution in [2.45, 2.75) is 32.9 Å². The van der Waals surface area contributed by atoms with E-state index in [0.717, 1.165) is 52.9 Å². The number of carboxylic acid groups (broad SMARTS) is 1. The SMILES string of the molecule is Cc1ccc(CNC(=O)c2ccc3c(c2)CCCN3Cc2ccccc2-c2ccc(C(=O)O)cc2)cc1F. The number of hydrogen-bond donors (Lipinski definition) is 2. The van der Waals surface area contributed by atoms with Crippen LogP contribution in [0.4, 0.5) is 10.1 Å². The van der Waals surface area contributed by atoms with Crippen molar-refractivity contribution in [1.82, 2.24) is 5.32 Å². The van der Waals surface area contributed by atoms with E-state index in [4.69, 9.17) is 0 Å². The summed E-state index contributed by atoms with van der Waals surface area (Å²) in [7, 11) is 0. The topological polar surface area (TPSA) is 69.6 Å². The molecule has 1 heterocycles. The maximum absolute atomic E-state index is 13.8. The molecule has 38 heavy (non-hydrogen) atoms. The van der Waals surface area contributed by atoms with Crippen molar-refractivity contribution in [2.24, 2.45) is 0 Å². The van der Waals surface area contributed by atoms with Crippen LogP contribution in [0.25, 0.3) is 11.1 Å². The molecular weight excluding hydrogens is 479 g/mol. The second-order valence-corrected chi connectivity index (χ2v) is 9.67. The number of nitrogens with one attached hydrogen (secondary N) is 1. The Kier molecular flexibility index (Phi) is 7.22. The molecule has 2 N–H and O–H groups in total. The zero-order valence-electron chi connectivity index (χ0n) is 21.2. The summed E-state index contributed by atoms with van der Waals surface area (Å²) in [6, 6.07) is 25.9. The van der Waals surface area contributed by atoms with Crippen LogP contribution in [0, 0.1) is 12.7 Å². The molecule has 0 atom stereocenters. The predicted molar refractivity (Wildman–Crippen MR) is 147 cm³/mol. The lowest BCUT2D eigenvalue weighted by Crippen LogP contribution is -2.30. The Morgan fingerprint density at radius 1 is 0.947 bits per heavy atom. The lowest BCUT2D eigenvalue weighted by atomic mass is 9.95. The molecule has 1 aliphatic heterocycles. The van der Waals surface area contributed by atoms with E-state index in [1.54, 1.807) is 25.1 Å². The lowest BCUT2D eigenvalue weighted by Gasteiger charge is -2.32. The van der Waals surface area contributed by atoms with Gasteiger partial charge >= 0.3 is 5.97 Å². The molecule has 6 heteroatoms. The number of aryl methyl sites for hydroxylation is 2. The largest absolute Gasteiger partial charge is 0.478 e. The first-order valence-corrected chi connectivity index (χ1v) is 12.7. The third kappa shape index (κ3) is 5.44. The van der Waals surface area contributed by atoms with Crippen LogP contribution in [0.5, 0.6) is 0 Å². The minimum Gasteiger partial charge on any atom is -0.478 e. The van der Waals surface area contributed by atoms with E-state index in [-0.39, 0.29) is 23.8 Å². The number of benzene rings is 4. The summed E-state index contributed by atoms with van der Waals surface area (Å²) in [6.45, 7) is 3.59. The number of anilines is 1. The van der Waals surface area contributed by atoms with E-state index in [1.807, 2.05) is 48.5 Å². The molecule has 0 radical (unpaired) electrons. The molecule has 0 saturated heterocycles. The summed E-state index contributed by atoms with van der Waals surface area (Å²) in [5.41, 5.74) is 7.61. The van der Waals surface area contributed by atoms with Gasteiger partial charge in [-0.2, -0.15) is 0 Å². The van der Waals surface area contributed by atoms with Crippen molar-refractivity contribution in [3.8, 4) is 11.1 Å². The number of hydrogen-bond acceptors (Lipinski definition) is 3. The number of rotatable bonds is 7. The molecule has 5 nitrogen and oxygen atoms in total. The van der Waals surface area contributed by atoms with Gasteiger partial charge in [0.25, 0.3) is 5.91 Å². The summed E-state index contributed by atoms with van der Waals surface area (Å²) in [6.07, 6.45) is 1.88. The Balaban J connectivity index is 1.32. The van der Waals surface area contributed by atoms with Gasteiger partial charge in [0.15, 0.2) is 0 Å². The smallest absolute Gasteiger partial charge is 0.335 e. The molecule has 0 spiro atoms. The monoisotopic (exact) mass is 508 g/mol. The van der Waals surface area contributed by atoms with Crippen molar-refractivity contribution in [1.29, 1.82) is 0 Å². The molecule has 0 saturated carbocycles. The van der Waals surface area contributed by atoms with E-state index in [0.29, 0.717) is 17.7 Å². The number of carbonyl (C=O) groups is 2. The van der Waals surface area contributed by atoms with Crippen LogP contribution >= 0.6 is 0 Å². The van der Waals surface area contributed by atoms with Gasteiger partial charge in [-0.05, 0) is 89.5 Å². The Morgan fingerprint density at radius 3 is 2.47 bits per heavy atom. The third-order valence-corrected chi connectivity index (χ3v) is 7.07. The second kappa shape index (κ2) is 10.9. The van der Waals surface area contributed by atoms with Crippen LogP contribution < -0.4 is 10.2 Å². The molecular formula is C32H29FN2O3. The Bertz CT molecular complexity index is 1500. The number of carboxylic acids is 1. The highest BCUT2D eigenvalue weighted by Crippen LogP contribution is 2.32. The van der Waals surface area contributed by atoms with E-state index >= 15 is 0 Å². The van der Waals surface area contributed by atoms with Gasteiger partial charge in [0.2, 0.25) is 0 Å². The van der Waals surface area contributed by atoms with Gasteiger partial charge in [-0.1, -0.05) is 48.5 Å². The number of amides is 1. The lowest BCUT2D eigenvalue weighted by molar-refractivity contribution is 0.0696. The minimum absolute atomic E-state index is 0.180. The standard InChI is InChI=1S/C32H29FN2O3/c1-21-8-9-22(17-29(21)33)19-34-31(36)26-14-15-30-25(18-26)6-4-16-35(30)20-27-5-2-3-7-28(27)23-10-12-24(13-11-23)32(37)38/h2-3,5,7-15,17-18H,4,6,16,19-20H2,1H3,(H,34,36)(H,37,38). The molecule has 0 unspecified atom stereocenters. The van der Waals surface area contributed by atoms with Crippen molar-refractivity contribution in [2.75, 3.05) is 11.4 Å². The summed E-state index contributed by atoms with van der Waals surface area (Å²) < 4.78 is 13.8. The van der Waals surface area contributed by atoms with E-state index in [2.05, 4.69) is 22.3 Å². The number of carbonyl (C=O) groups excluding carboxylic acids is 1. The van der Waals surface area contributed by atoms with Crippen LogP contribution in [-0.4, -0.2) is 23.5 Å². The molecule has 0 aromatic heterocycles. The third-order valence-electron chi connectivity index (χ3n) is 7.07. The summed E-state index contributed by atoms with van der Waals surface area (Å²) in [5, 5.41) is 12.1. The highest BCUT2D eigenvalue weighted by atomic mass is 19.1. The molecule has 0 bridgehead atoms. The van der Waals surface area contributed by atoms with E-state index < -0.39 is 5.97 Å². The molecule has 0 fully saturated rings. The minimum atomic E-state index is -0.938. The average molecular weight is 509 g/mol. The quantitative estimate of drug-likeness (QED) is 0.304. The fraction of sp³-hybridized carbons (Fsp3) is 0.188. The maximum atomic E-state index is 13.8. The normalized spacial score (nSPS) is 12.6. The molecule has 0 aliphatic carbocycles. The van der Waals surface area contributed by atoms with Crippen molar-refractivity contribution >= 4 is 17.6 Å². The fourth-order valence-electron chi connectivity index (χ4n) is 4.95. The van der Waals surface area contributed by atoms with Crippen molar-refractivity contribution in [3.63, 3.8) is 0 Å². The predicted octanol–water partition coefficient (Wildman–Crippen LogP) is 6.38. The Labute approximate surface area is 221 Å². The average Bonchev–Trinajstić information content (AvgIpc) is 2.93. The van der Waals surface area contributed by atoms with E-state index in [1.165, 1.54) is 6.07 Å². The Hall–Kier alpha value is -4.45. The second-order valence-electron chi connectivity index (χ2n) is 9.67. The van der Waals surface area contributed by atoms with Gasteiger partial charge in [0.05, 0.1) is 5.56 Å². The number of aromatic carboxylic acids is 1. The molecule has 1 aliphatic rings. The van der Waals surface area contributed by atoms with Gasteiger partial charge in [0.1, 0.15) is 5.82 Å². The van der Waals surface area contributed by atoms with Gasteiger partial charge in [-0.25, -0.2) is 9.18 Å². The van der Waals surface area contributed by atoms with Gasteiger partial charge in [0, 0.05) is 30.9 Å². The summed E-state index contributed by atoms with van der Waals surface area (Å²) in [4.78, 5) is 26.4. The van der Waals surface area contributed by atoms with Gasteiger partial charge in [-0.3, -0.25) is 4.79 Å². The maximum Gasteiger partial charge on any atom is 0.335 e. The van der Waals surface area contributed by atoms with Crippen molar-refractivity contribution < 1.29 is 19.1 Å². The van der Waals surface area contributed by atoms with Gasteiger partial charge in [-0.15, -0.1) is 0 Å². The molecule has 5 rings (SSSR count). The number of halogens is 1. The number of fused-ring (bicyclic) bond motifs is 1. The molecule has 4 aromatic carbocycles. The highest BCUT2D eigenvalue weighted by molar-refractivity contribution is 5.95. The summed E-state index contributed by atoms with van der Waals surface area (Å²) in [5.74, 6) is -1.39. The van der Waals surface area contributed by atoms with Crippen molar-refractivity contribution in [3.05, 3.63) is 124 Å². The molecule has 1 amide bonds. The fourth-order valence-corrected chi connectivity index (χ4v) is 4.95. The first kappa shape index (κ1) is 25.2. The zero-order valence-corrected chi connectivity index (χ0v) is 21.2. The van der Waals surface area contributed by atoms with Crippen LogP contribution in [-0.2, 0) is 19.5 Å². The first-order chi connectivity index (χ1) is 18.4. The first-order valence-electron chi connectivity index (χ1n) is 12.7. The number of nitrogens with zero attached hydrogens (tertiary/aromatic N) is 1. The van der Waals surface area contributed by atoms with Gasteiger partial charge < -0.3 is 15.3 Å². The van der Waals surface area contributed by atoms with Crippen LogP contribution in [0.15, 0.2) is 84.9 Å². The Morgan fingerprint density at radius 2 is 1.71 bits per heavy atom.